The van der Waals surface area contributed by atoms with Gasteiger partial charge in [0.25, 0.3) is 0 Å². The van der Waals surface area contributed by atoms with Gasteiger partial charge in [0.15, 0.2) is 5.82 Å². The average Bonchev–Trinajstić information content (AvgIpc) is 3.36. The molecule has 4 rings (SSSR count). The first kappa shape index (κ1) is 22.9. The van der Waals surface area contributed by atoms with Crippen LogP contribution in [0.2, 0.25) is 10.0 Å². The summed E-state index contributed by atoms with van der Waals surface area (Å²) in [5.41, 5.74) is 3.27. The van der Waals surface area contributed by atoms with Gasteiger partial charge in [0.05, 0.1) is 18.2 Å². The van der Waals surface area contributed by atoms with Crippen LogP contribution in [0.4, 0.5) is 5.82 Å². The lowest BCUT2D eigenvalue weighted by atomic mass is 9.83. The number of tetrazole rings is 1. The number of aromatic nitrogens is 6. The van der Waals surface area contributed by atoms with E-state index in [0.29, 0.717) is 34.7 Å². The Morgan fingerprint density at radius 1 is 1.06 bits per heavy atom. The molecule has 0 saturated heterocycles. The van der Waals surface area contributed by atoms with Crippen LogP contribution in [0.5, 0.6) is 6.01 Å². The molecule has 0 radical (unpaired) electrons. The van der Waals surface area contributed by atoms with Crippen molar-refractivity contribution < 1.29 is 4.74 Å². The first-order valence-electron chi connectivity index (χ1n) is 10.3. The van der Waals surface area contributed by atoms with Gasteiger partial charge in [-0.05, 0) is 49.6 Å². The first-order valence-corrected chi connectivity index (χ1v) is 11.1. The highest BCUT2D eigenvalue weighted by Crippen LogP contribution is 2.32. The van der Waals surface area contributed by atoms with Crippen molar-refractivity contribution in [2.24, 2.45) is 0 Å². The van der Waals surface area contributed by atoms with Crippen molar-refractivity contribution in [1.82, 2.24) is 30.6 Å². The van der Waals surface area contributed by atoms with Crippen molar-refractivity contribution in [3.05, 3.63) is 75.5 Å². The van der Waals surface area contributed by atoms with E-state index < -0.39 is 5.41 Å². The van der Waals surface area contributed by atoms with Crippen LogP contribution in [0.25, 0.3) is 11.3 Å². The highest BCUT2D eigenvalue weighted by atomic mass is 35.5. The molecule has 0 fully saturated rings. The Hall–Kier alpha value is -3.23. The number of benzene rings is 2. The minimum absolute atomic E-state index is 0.280. The largest absolute Gasteiger partial charge is 0.467 e. The molecule has 4 aromatic rings. The molecule has 0 spiro atoms. The molecule has 170 valence electrons. The lowest BCUT2D eigenvalue weighted by molar-refractivity contribution is 0.381. The number of methoxy groups -OCH3 is 1. The number of nitrogens with zero attached hydrogens (tertiary/aromatic N) is 5. The quantitative estimate of drug-likeness (QED) is 0.365. The van der Waals surface area contributed by atoms with Gasteiger partial charge in [-0.25, -0.2) is 0 Å². The van der Waals surface area contributed by atoms with Crippen LogP contribution in [-0.4, -0.2) is 44.2 Å². The zero-order valence-corrected chi connectivity index (χ0v) is 19.9. The summed E-state index contributed by atoms with van der Waals surface area (Å²) in [5, 5.41) is 19.1. The van der Waals surface area contributed by atoms with E-state index in [0.717, 1.165) is 22.4 Å². The molecule has 0 amide bonds. The standard InChI is InChI=1S/C23H23Cl2N7O/c1-23(2,21-29-31-32-30-21)16-6-4-5-15(11-16)19-13-20(28-22(27-19)33-3)26-10-9-14-7-8-17(24)12-18(14)25/h4-8,11-13H,9-10H2,1-3H3,(H,26,27,28)(H,29,30,31,32). The number of hydrogen-bond donors (Lipinski definition) is 2. The molecule has 10 heteroatoms. The van der Waals surface area contributed by atoms with Gasteiger partial charge in [-0.2, -0.15) is 15.2 Å². The number of halogens is 2. The molecule has 2 heterocycles. The minimum Gasteiger partial charge on any atom is -0.467 e. The third-order valence-electron chi connectivity index (χ3n) is 5.39. The molecule has 33 heavy (non-hydrogen) atoms. The van der Waals surface area contributed by atoms with Gasteiger partial charge in [-0.3, -0.25) is 0 Å². The summed E-state index contributed by atoms with van der Waals surface area (Å²) in [4.78, 5) is 8.97. The molecule has 8 nitrogen and oxygen atoms in total. The summed E-state index contributed by atoms with van der Waals surface area (Å²) in [5.74, 6) is 1.27. The lowest BCUT2D eigenvalue weighted by Crippen LogP contribution is -2.21. The van der Waals surface area contributed by atoms with Crippen LogP contribution in [-0.2, 0) is 11.8 Å². The van der Waals surface area contributed by atoms with Crippen LogP contribution in [0, 0.1) is 0 Å². The smallest absolute Gasteiger partial charge is 0.318 e. The number of H-pyrrole nitrogens is 1. The van der Waals surface area contributed by atoms with E-state index in [4.69, 9.17) is 27.9 Å². The van der Waals surface area contributed by atoms with Crippen molar-refractivity contribution in [3.63, 3.8) is 0 Å². The molecule has 2 aromatic carbocycles. The second-order valence-corrected chi connectivity index (χ2v) is 8.82. The van der Waals surface area contributed by atoms with E-state index in [2.05, 4.69) is 42.0 Å². The lowest BCUT2D eigenvalue weighted by Gasteiger charge is -2.21. The molecule has 0 saturated carbocycles. The van der Waals surface area contributed by atoms with Crippen molar-refractivity contribution >= 4 is 29.0 Å². The van der Waals surface area contributed by atoms with E-state index >= 15 is 0 Å². The summed E-state index contributed by atoms with van der Waals surface area (Å²) < 4.78 is 5.34. The van der Waals surface area contributed by atoms with Crippen LogP contribution in [0.3, 0.4) is 0 Å². The third kappa shape index (κ3) is 5.23. The molecule has 0 aliphatic rings. The molecule has 2 N–H and O–H groups in total. The molecule has 0 bridgehead atoms. The van der Waals surface area contributed by atoms with Gasteiger partial charge in [0, 0.05) is 28.2 Å². The van der Waals surface area contributed by atoms with Crippen LogP contribution in [0.15, 0.2) is 48.5 Å². The maximum Gasteiger partial charge on any atom is 0.318 e. The van der Waals surface area contributed by atoms with Crippen LogP contribution >= 0.6 is 23.2 Å². The van der Waals surface area contributed by atoms with E-state index in [1.165, 1.54) is 0 Å². The van der Waals surface area contributed by atoms with Gasteiger partial charge < -0.3 is 10.1 Å². The predicted molar refractivity (Wildman–Crippen MR) is 129 cm³/mol. The highest BCUT2D eigenvalue weighted by Gasteiger charge is 2.28. The molecular weight excluding hydrogens is 461 g/mol. The van der Waals surface area contributed by atoms with Gasteiger partial charge >= 0.3 is 6.01 Å². The predicted octanol–water partition coefficient (Wildman–Crippen LogP) is 4.95. The molecule has 0 atom stereocenters. The monoisotopic (exact) mass is 483 g/mol. The number of rotatable bonds is 8. The second-order valence-electron chi connectivity index (χ2n) is 7.98. The minimum atomic E-state index is -0.431. The maximum absolute atomic E-state index is 6.28. The van der Waals surface area contributed by atoms with E-state index in [1.54, 1.807) is 13.2 Å². The molecule has 2 aromatic heterocycles. The normalized spacial score (nSPS) is 11.4. The van der Waals surface area contributed by atoms with E-state index in [1.807, 2.05) is 50.2 Å². The first-order chi connectivity index (χ1) is 15.9. The summed E-state index contributed by atoms with van der Waals surface area (Å²) in [6.07, 6.45) is 0.714. The molecule has 0 unspecified atom stereocenters. The van der Waals surface area contributed by atoms with Gasteiger partial charge in [0.1, 0.15) is 5.82 Å². The summed E-state index contributed by atoms with van der Waals surface area (Å²) in [6, 6.07) is 15.8. The molecule has 0 aliphatic carbocycles. The fourth-order valence-corrected chi connectivity index (χ4v) is 3.93. The van der Waals surface area contributed by atoms with E-state index in [-0.39, 0.29) is 6.01 Å². The fourth-order valence-electron chi connectivity index (χ4n) is 3.43. The Kier molecular flexibility index (Phi) is 6.76. The zero-order valence-electron chi connectivity index (χ0n) is 18.4. The van der Waals surface area contributed by atoms with Crippen molar-refractivity contribution in [2.75, 3.05) is 19.0 Å². The second kappa shape index (κ2) is 9.72. The zero-order chi connectivity index (χ0) is 23.4. The van der Waals surface area contributed by atoms with Gasteiger partial charge in [0.2, 0.25) is 0 Å². The van der Waals surface area contributed by atoms with Crippen LogP contribution < -0.4 is 10.1 Å². The average molecular weight is 484 g/mol. The van der Waals surface area contributed by atoms with Crippen molar-refractivity contribution in [1.29, 1.82) is 0 Å². The third-order valence-corrected chi connectivity index (χ3v) is 5.98. The number of aromatic amines is 1. The summed E-state index contributed by atoms with van der Waals surface area (Å²) >= 11 is 12.3. The Bertz CT molecular complexity index is 1250. The Morgan fingerprint density at radius 2 is 1.91 bits per heavy atom. The molecular formula is C23H23Cl2N7O. The van der Waals surface area contributed by atoms with Crippen LogP contribution in [0.1, 0.15) is 30.8 Å². The summed E-state index contributed by atoms with van der Waals surface area (Å²) in [6.45, 7) is 4.73. The number of nitrogens with one attached hydrogen (secondary N) is 2. The number of anilines is 1. The van der Waals surface area contributed by atoms with Crippen molar-refractivity contribution in [2.45, 2.75) is 25.7 Å². The van der Waals surface area contributed by atoms with Gasteiger partial charge in [-0.15, -0.1) is 10.2 Å². The fraction of sp³-hybridized carbons (Fsp3) is 0.261. The van der Waals surface area contributed by atoms with E-state index in [9.17, 15) is 0 Å². The Balaban J connectivity index is 1.57. The SMILES string of the molecule is COc1nc(NCCc2ccc(Cl)cc2Cl)cc(-c2cccc(C(C)(C)c3nn[nH]n3)c2)n1. The molecule has 0 aliphatic heterocycles. The topological polar surface area (TPSA) is 102 Å². The number of ether oxygens (including phenoxy) is 1. The van der Waals surface area contributed by atoms with Gasteiger partial charge in [-0.1, -0.05) is 52.7 Å². The Labute approximate surface area is 201 Å². The summed E-state index contributed by atoms with van der Waals surface area (Å²) in [7, 11) is 1.55. The van der Waals surface area contributed by atoms with Crippen molar-refractivity contribution in [3.8, 4) is 17.3 Å². The number of hydrogen-bond acceptors (Lipinski definition) is 7. The Morgan fingerprint density at radius 3 is 2.64 bits per heavy atom. The maximum atomic E-state index is 6.28. The highest BCUT2D eigenvalue weighted by molar-refractivity contribution is 6.35.